The molecule has 0 spiro atoms. The lowest BCUT2D eigenvalue weighted by Crippen LogP contribution is -2.48. The molecule has 0 bridgehead atoms. The number of nitrogens with one attached hydrogen (secondary N) is 2. The molecule has 3 rings (SSSR count). The fourth-order valence-corrected chi connectivity index (χ4v) is 3.14. The Morgan fingerprint density at radius 3 is 2.63 bits per heavy atom. The molecule has 8 heteroatoms. The van der Waals surface area contributed by atoms with Crippen LogP contribution in [0.5, 0.6) is 11.5 Å². The predicted octanol–water partition coefficient (Wildman–Crippen LogP) is 3.40. The fraction of sp³-hybridized carbons (Fsp3) is 0.316. The van der Waals surface area contributed by atoms with Gasteiger partial charge in [0, 0.05) is 24.6 Å². The number of carbonyl (C=O) groups excluding carboxylic acids is 1. The van der Waals surface area contributed by atoms with Gasteiger partial charge in [0.25, 0.3) is 0 Å². The molecule has 3 N–H and O–H groups in total. The van der Waals surface area contributed by atoms with Crippen molar-refractivity contribution in [3.05, 3.63) is 59.7 Å². The summed E-state index contributed by atoms with van der Waals surface area (Å²) in [6, 6.07) is 12.4. The first-order valence-electron chi connectivity index (χ1n) is 8.47. The van der Waals surface area contributed by atoms with Gasteiger partial charge in [-0.1, -0.05) is 30.3 Å². The van der Waals surface area contributed by atoms with Crippen LogP contribution in [0.3, 0.4) is 0 Å². The van der Waals surface area contributed by atoms with Gasteiger partial charge in [-0.05, 0) is 30.2 Å². The van der Waals surface area contributed by atoms with Gasteiger partial charge in [-0.25, -0.2) is 0 Å². The van der Waals surface area contributed by atoms with E-state index in [1.807, 2.05) is 30.3 Å². The van der Waals surface area contributed by atoms with Crippen LogP contribution in [-0.2, 0) is 11.3 Å². The summed E-state index contributed by atoms with van der Waals surface area (Å²) in [4.78, 5) is 11.8. The number of alkyl halides is 3. The van der Waals surface area contributed by atoms with E-state index in [4.69, 9.17) is 0 Å². The highest BCUT2D eigenvalue weighted by Crippen LogP contribution is 2.29. The van der Waals surface area contributed by atoms with Gasteiger partial charge >= 0.3 is 6.36 Å². The smallest absolute Gasteiger partial charge is 0.508 e. The van der Waals surface area contributed by atoms with E-state index in [1.165, 1.54) is 0 Å². The second-order valence-electron chi connectivity index (χ2n) is 6.32. The number of phenols is 1. The summed E-state index contributed by atoms with van der Waals surface area (Å²) in [6.07, 6.45) is -3.87. The Bertz CT molecular complexity index is 797. The molecule has 0 saturated carbocycles. The molecule has 5 nitrogen and oxygen atoms in total. The highest BCUT2D eigenvalue weighted by molar-refractivity contribution is 5.77. The van der Waals surface area contributed by atoms with Gasteiger partial charge in [0.2, 0.25) is 5.91 Å². The molecule has 2 atom stereocenters. The van der Waals surface area contributed by atoms with Crippen LogP contribution in [-0.4, -0.2) is 23.4 Å². The molecule has 1 aliphatic rings. The summed E-state index contributed by atoms with van der Waals surface area (Å²) in [6.45, 7) is 0.130. The number of benzene rings is 2. The fourth-order valence-electron chi connectivity index (χ4n) is 3.14. The van der Waals surface area contributed by atoms with Gasteiger partial charge in [-0.15, -0.1) is 13.2 Å². The number of hydrogen-bond donors (Lipinski definition) is 3. The molecular weight excluding hydrogens is 361 g/mol. The maximum absolute atomic E-state index is 12.4. The molecule has 1 heterocycles. The Kier molecular flexibility index (Phi) is 5.55. The normalized spacial score (nSPS) is 20.2. The van der Waals surface area contributed by atoms with Crippen molar-refractivity contribution in [2.75, 3.05) is 0 Å². The van der Waals surface area contributed by atoms with Crippen molar-refractivity contribution in [3.8, 4) is 11.5 Å². The minimum Gasteiger partial charge on any atom is -0.508 e. The number of hydrogen-bond acceptors (Lipinski definition) is 4. The summed E-state index contributed by atoms with van der Waals surface area (Å²) in [7, 11) is 0. The third kappa shape index (κ3) is 5.13. The SMILES string of the molecule is O=C1CC[C@H](NCc2cc(OC(F)(F)F)ccc2O)[C@H](c2ccccc2)N1. The van der Waals surface area contributed by atoms with Crippen LogP contribution in [0, 0.1) is 0 Å². The number of carbonyl (C=O) groups is 1. The molecule has 1 saturated heterocycles. The van der Waals surface area contributed by atoms with Crippen LogP contribution < -0.4 is 15.4 Å². The van der Waals surface area contributed by atoms with E-state index in [0.717, 1.165) is 23.8 Å². The van der Waals surface area contributed by atoms with E-state index in [0.29, 0.717) is 12.8 Å². The predicted molar refractivity (Wildman–Crippen MR) is 92.0 cm³/mol. The summed E-state index contributed by atoms with van der Waals surface area (Å²) in [5.41, 5.74) is 1.21. The van der Waals surface area contributed by atoms with Gasteiger partial charge in [-0.3, -0.25) is 4.79 Å². The van der Waals surface area contributed by atoms with Crippen molar-refractivity contribution < 1.29 is 27.8 Å². The van der Waals surface area contributed by atoms with Gasteiger partial charge in [0.15, 0.2) is 0 Å². The van der Waals surface area contributed by atoms with Gasteiger partial charge in [0.1, 0.15) is 11.5 Å². The van der Waals surface area contributed by atoms with E-state index in [2.05, 4.69) is 15.4 Å². The third-order valence-electron chi connectivity index (χ3n) is 4.40. The Labute approximate surface area is 154 Å². The maximum atomic E-state index is 12.4. The number of halogens is 3. The van der Waals surface area contributed by atoms with Crippen molar-refractivity contribution in [3.63, 3.8) is 0 Å². The number of ether oxygens (including phenoxy) is 1. The molecule has 2 aromatic carbocycles. The summed E-state index contributed by atoms with van der Waals surface area (Å²) < 4.78 is 41.1. The molecule has 0 aromatic heterocycles. The largest absolute Gasteiger partial charge is 0.573 e. The molecule has 1 fully saturated rings. The van der Waals surface area contributed by atoms with Crippen LogP contribution >= 0.6 is 0 Å². The van der Waals surface area contributed by atoms with Crippen molar-refractivity contribution >= 4 is 5.91 Å². The molecule has 2 aromatic rings. The van der Waals surface area contributed by atoms with Crippen LogP contribution in [0.25, 0.3) is 0 Å². The maximum Gasteiger partial charge on any atom is 0.573 e. The van der Waals surface area contributed by atoms with E-state index in [9.17, 15) is 23.1 Å². The molecule has 0 unspecified atom stereocenters. The number of amides is 1. The highest BCUT2D eigenvalue weighted by Gasteiger charge is 2.32. The molecule has 27 heavy (non-hydrogen) atoms. The first-order valence-corrected chi connectivity index (χ1v) is 8.47. The van der Waals surface area contributed by atoms with Crippen molar-refractivity contribution in [2.24, 2.45) is 0 Å². The summed E-state index contributed by atoms with van der Waals surface area (Å²) >= 11 is 0. The molecular formula is C19H19F3N2O3. The first kappa shape index (κ1) is 19.0. The number of phenolic OH excluding ortho intramolecular Hbond substituents is 1. The minimum absolute atomic E-state index is 0.0506. The molecule has 144 valence electrons. The highest BCUT2D eigenvalue weighted by atomic mass is 19.4. The lowest BCUT2D eigenvalue weighted by molar-refractivity contribution is -0.274. The quantitative estimate of drug-likeness (QED) is 0.744. The Morgan fingerprint density at radius 2 is 1.93 bits per heavy atom. The lowest BCUT2D eigenvalue weighted by atomic mass is 9.91. The minimum atomic E-state index is -4.80. The molecule has 1 amide bonds. The average molecular weight is 380 g/mol. The Hall–Kier alpha value is -2.74. The topological polar surface area (TPSA) is 70.6 Å². The van der Waals surface area contributed by atoms with Gasteiger partial charge in [0.05, 0.1) is 6.04 Å². The molecule has 0 radical (unpaired) electrons. The Morgan fingerprint density at radius 1 is 1.19 bits per heavy atom. The van der Waals surface area contributed by atoms with E-state index < -0.39 is 12.1 Å². The first-order chi connectivity index (χ1) is 12.8. The van der Waals surface area contributed by atoms with Gasteiger partial charge < -0.3 is 20.5 Å². The van der Waals surface area contributed by atoms with Gasteiger partial charge in [-0.2, -0.15) is 0 Å². The number of aromatic hydroxyl groups is 1. The average Bonchev–Trinajstić information content (AvgIpc) is 2.62. The second kappa shape index (κ2) is 7.87. The van der Waals surface area contributed by atoms with Crippen LogP contribution in [0.4, 0.5) is 13.2 Å². The zero-order valence-corrected chi connectivity index (χ0v) is 14.3. The lowest BCUT2D eigenvalue weighted by Gasteiger charge is -2.33. The third-order valence-corrected chi connectivity index (χ3v) is 4.40. The van der Waals surface area contributed by atoms with Crippen molar-refractivity contribution in [1.82, 2.24) is 10.6 Å². The molecule has 0 aliphatic carbocycles. The zero-order chi connectivity index (χ0) is 19.4. The summed E-state index contributed by atoms with van der Waals surface area (Å²) in [5.74, 6) is -0.577. The van der Waals surface area contributed by atoms with Crippen LogP contribution in [0.2, 0.25) is 0 Å². The van der Waals surface area contributed by atoms with E-state index in [-0.39, 0.29) is 35.8 Å². The summed E-state index contributed by atoms with van der Waals surface area (Å²) in [5, 5.41) is 16.1. The van der Waals surface area contributed by atoms with E-state index >= 15 is 0 Å². The number of rotatable bonds is 5. The van der Waals surface area contributed by atoms with E-state index in [1.54, 1.807) is 0 Å². The second-order valence-corrected chi connectivity index (χ2v) is 6.32. The monoisotopic (exact) mass is 380 g/mol. The molecule has 1 aliphatic heterocycles. The Balaban J connectivity index is 1.72. The van der Waals surface area contributed by atoms with Crippen LogP contribution in [0.15, 0.2) is 48.5 Å². The van der Waals surface area contributed by atoms with Crippen molar-refractivity contribution in [1.29, 1.82) is 0 Å². The zero-order valence-electron chi connectivity index (χ0n) is 14.3. The standard InChI is InChI=1S/C19H19F3N2O3/c20-19(21,22)27-14-6-8-16(25)13(10-14)11-23-15-7-9-17(26)24-18(15)12-4-2-1-3-5-12/h1-6,8,10,15,18,23,25H,7,9,11H2,(H,24,26)/t15-,18-/m0/s1. The number of piperidine rings is 1. The van der Waals surface area contributed by atoms with Crippen LogP contribution in [0.1, 0.15) is 30.0 Å². The van der Waals surface area contributed by atoms with Crippen molar-refractivity contribution in [2.45, 2.75) is 37.8 Å².